The first-order valence-electron chi connectivity index (χ1n) is 8.55. The zero-order chi connectivity index (χ0) is 17.7. The van der Waals surface area contributed by atoms with E-state index in [1.807, 2.05) is 20.8 Å². The lowest BCUT2D eigenvalue weighted by Gasteiger charge is -2.33. The van der Waals surface area contributed by atoms with Gasteiger partial charge in [-0.05, 0) is 29.9 Å². The van der Waals surface area contributed by atoms with Crippen molar-refractivity contribution in [1.82, 2.24) is 10.2 Å². The number of amides is 2. The lowest BCUT2D eigenvalue weighted by Crippen LogP contribution is -2.47. The van der Waals surface area contributed by atoms with Crippen LogP contribution in [0, 0.1) is 11.2 Å². The van der Waals surface area contributed by atoms with E-state index in [2.05, 4.69) is 5.32 Å². The van der Waals surface area contributed by atoms with Crippen LogP contribution in [-0.4, -0.2) is 35.8 Å². The summed E-state index contributed by atoms with van der Waals surface area (Å²) < 4.78 is 13.6. The second-order valence-electron chi connectivity index (χ2n) is 7.73. The summed E-state index contributed by atoms with van der Waals surface area (Å²) in [6.45, 7) is 7.32. The van der Waals surface area contributed by atoms with Crippen LogP contribution in [0.2, 0.25) is 0 Å². The van der Waals surface area contributed by atoms with E-state index in [9.17, 15) is 14.0 Å². The van der Waals surface area contributed by atoms with Gasteiger partial charge in [0.25, 0.3) is 0 Å². The molecule has 1 heterocycles. The van der Waals surface area contributed by atoms with Crippen LogP contribution in [0.25, 0.3) is 0 Å². The third-order valence-electron chi connectivity index (χ3n) is 4.20. The molecule has 0 spiro atoms. The summed E-state index contributed by atoms with van der Waals surface area (Å²) in [5.41, 5.74) is 0.406. The molecule has 0 saturated carbocycles. The van der Waals surface area contributed by atoms with Crippen LogP contribution in [-0.2, 0) is 16.0 Å². The normalized spacial score (nSPS) is 16.1. The van der Waals surface area contributed by atoms with Crippen LogP contribution >= 0.6 is 0 Å². The molecule has 4 nitrogen and oxygen atoms in total. The van der Waals surface area contributed by atoms with Crippen molar-refractivity contribution in [2.24, 2.45) is 5.41 Å². The highest BCUT2D eigenvalue weighted by molar-refractivity contribution is 5.79. The second-order valence-corrected chi connectivity index (χ2v) is 7.73. The molecule has 1 aliphatic rings. The summed E-state index contributed by atoms with van der Waals surface area (Å²) in [5, 5.41) is 3.06. The lowest BCUT2D eigenvalue weighted by molar-refractivity contribution is -0.131. The quantitative estimate of drug-likeness (QED) is 0.920. The van der Waals surface area contributed by atoms with Gasteiger partial charge in [0.15, 0.2) is 0 Å². The predicted octanol–water partition coefficient (Wildman–Crippen LogP) is 2.91. The molecule has 1 fully saturated rings. The van der Waals surface area contributed by atoms with Gasteiger partial charge in [0, 0.05) is 25.6 Å². The Bertz CT molecular complexity index is 587. The maximum Gasteiger partial charge on any atom is 0.227 e. The van der Waals surface area contributed by atoms with Gasteiger partial charge < -0.3 is 10.2 Å². The largest absolute Gasteiger partial charge is 0.353 e. The van der Waals surface area contributed by atoms with Crippen molar-refractivity contribution in [3.05, 3.63) is 35.6 Å². The van der Waals surface area contributed by atoms with Crippen molar-refractivity contribution >= 4 is 11.8 Å². The number of nitrogens with zero attached hydrogens (tertiary/aromatic N) is 1. The van der Waals surface area contributed by atoms with Gasteiger partial charge in [-0.15, -0.1) is 0 Å². The van der Waals surface area contributed by atoms with E-state index in [0.717, 1.165) is 12.8 Å². The summed E-state index contributed by atoms with van der Waals surface area (Å²) in [5.74, 6) is -0.326. The number of carbonyl (C=O) groups excluding carboxylic acids is 2. The molecule has 2 rings (SSSR count). The number of likely N-dealkylation sites (tertiary alicyclic amines) is 1. The zero-order valence-corrected chi connectivity index (χ0v) is 14.8. The number of hydrogen-bond acceptors (Lipinski definition) is 2. The Hall–Kier alpha value is -1.91. The minimum Gasteiger partial charge on any atom is -0.353 e. The van der Waals surface area contributed by atoms with Crippen molar-refractivity contribution in [3.8, 4) is 0 Å². The van der Waals surface area contributed by atoms with Crippen molar-refractivity contribution in [3.63, 3.8) is 0 Å². The molecule has 0 radical (unpaired) electrons. The monoisotopic (exact) mass is 334 g/mol. The number of rotatable bonds is 4. The molecule has 1 N–H and O–H groups in total. The van der Waals surface area contributed by atoms with E-state index in [0.29, 0.717) is 25.1 Å². The third kappa shape index (κ3) is 5.62. The molecule has 0 bridgehead atoms. The molecule has 1 aromatic carbocycles. The van der Waals surface area contributed by atoms with E-state index >= 15 is 0 Å². The Morgan fingerprint density at radius 1 is 1.21 bits per heavy atom. The van der Waals surface area contributed by atoms with Gasteiger partial charge in [0.05, 0.1) is 6.42 Å². The van der Waals surface area contributed by atoms with Crippen molar-refractivity contribution < 1.29 is 14.0 Å². The molecule has 132 valence electrons. The van der Waals surface area contributed by atoms with E-state index < -0.39 is 0 Å². The predicted molar refractivity (Wildman–Crippen MR) is 91.9 cm³/mol. The Balaban J connectivity index is 1.79. The molecule has 1 saturated heterocycles. The van der Waals surface area contributed by atoms with Crippen LogP contribution in [0.5, 0.6) is 0 Å². The van der Waals surface area contributed by atoms with Crippen LogP contribution < -0.4 is 5.32 Å². The number of benzene rings is 1. The Labute approximate surface area is 143 Å². The van der Waals surface area contributed by atoms with E-state index in [1.165, 1.54) is 6.07 Å². The molecule has 0 aromatic heterocycles. The number of piperidine rings is 1. The number of hydrogen-bond donors (Lipinski definition) is 1. The van der Waals surface area contributed by atoms with Gasteiger partial charge in [-0.25, -0.2) is 4.39 Å². The fourth-order valence-electron chi connectivity index (χ4n) is 2.95. The average molecular weight is 334 g/mol. The van der Waals surface area contributed by atoms with Crippen LogP contribution in [0.3, 0.4) is 0 Å². The van der Waals surface area contributed by atoms with Gasteiger partial charge in [-0.1, -0.05) is 39.0 Å². The number of nitrogens with one attached hydrogen (secondary N) is 1. The topological polar surface area (TPSA) is 49.4 Å². The molecule has 2 amide bonds. The first kappa shape index (κ1) is 18.4. The van der Waals surface area contributed by atoms with Crippen molar-refractivity contribution in [2.45, 2.75) is 52.5 Å². The lowest BCUT2D eigenvalue weighted by atomic mass is 9.91. The van der Waals surface area contributed by atoms with Gasteiger partial charge in [0.2, 0.25) is 11.8 Å². The van der Waals surface area contributed by atoms with E-state index in [1.54, 1.807) is 23.1 Å². The fourth-order valence-corrected chi connectivity index (χ4v) is 2.95. The Kier molecular flexibility index (Phi) is 5.97. The van der Waals surface area contributed by atoms with Crippen LogP contribution in [0.15, 0.2) is 24.3 Å². The van der Waals surface area contributed by atoms with Crippen LogP contribution in [0.1, 0.15) is 45.6 Å². The number of halogens is 1. The van der Waals surface area contributed by atoms with E-state index in [-0.39, 0.29) is 35.5 Å². The highest BCUT2D eigenvalue weighted by atomic mass is 19.1. The second kappa shape index (κ2) is 7.77. The Morgan fingerprint density at radius 3 is 2.42 bits per heavy atom. The smallest absolute Gasteiger partial charge is 0.227 e. The molecule has 0 atom stereocenters. The maximum atomic E-state index is 13.6. The average Bonchev–Trinajstić information content (AvgIpc) is 2.48. The molecule has 0 unspecified atom stereocenters. The molecule has 24 heavy (non-hydrogen) atoms. The highest BCUT2D eigenvalue weighted by Gasteiger charge is 2.25. The SMILES string of the molecule is CC(C)(C)CC(=O)NC1CCN(C(=O)Cc2ccccc2F)CC1. The zero-order valence-electron chi connectivity index (χ0n) is 14.8. The summed E-state index contributed by atoms with van der Waals surface area (Å²) in [7, 11) is 0. The van der Waals surface area contributed by atoms with E-state index in [4.69, 9.17) is 0 Å². The molecule has 1 aliphatic heterocycles. The molecule has 1 aromatic rings. The summed E-state index contributed by atoms with van der Waals surface area (Å²) in [6, 6.07) is 6.50. The maximum absolute atomic E-state index is 13.6. The number of carbonyl (C=O) groups is 2. The van der Waals surface area contributed by atoms with Gasteiger partial charge in [-0.2, -0.15) is 0 Å². The summed E-state index contributed by atoms with van der Waals surface area (Å²) in [6.07, 6.45) is 2.09. The molecular weight excluding hydrogens is 307 g/mol. The van der Waals surface area contributed by atoms with Crippen molar-refractivity contribution in [2.75, 3.05) is 13.1 Å². The summed E-state index contributed by atoms with van der Waals surface area (Å²) >= 11 is 0. The molecular formula is C19H27FN2O2. The molecule has 5 heteroatoms. The van der Waals surface area contributed by atoms with Crippen LogP contribution in [0.4, 0.5) is 4.39 Å². The van der Waals surface area contributed by atoms with Gasteiger partial charge in [0.1, 0.15) is 5.82 Å². The van der Waals surface area contributed by atoms with Gasteiger partial charge in [-0.3, -0.25) is 9.59 Å². The standard InChI is InChI=1S/C19H27FN2O2/c1-19(2,3)13-17(23)21-15-8-10-22(11-9-15)18(24)12-14-6-4-5-7-16(14)20/h4-7,15H,8-13H2,1-3H3,(H,21,23). The minimum atomic E-state index is -0.338. The first-order chi connectivity index (χ1) is 11.2. The third-order valence-corrected chi connectivity index (χ3v) is 4.20. The fraction of sp³-hybridized carbons (Fsp3) is 0.579. The highest BCUT2D eigenvalue weighted by Crippen LogP contribution is 2.19. The first-order valence-corrected chi connectivity index (χ1v) is 8.55. The molecule has 0 aliphatic carbocycles. The van der Waals surface area contributed by atoms with Crippen molar-refractivity contribution in [1.29, 1.82) is 0 Å². The Morgan fingerprint density at radius 2 is 1.83 bits per heavy atom. The van der Waals surface area contributed by atoms with Gasteiger partial charge >= 0.3 is 0 Å². The summed E-state index contributed by atoms with van der Waals surface area (Å²) in [4.78, 5) is 26.1. The minimum absolute atomic E-state index is 0.0273.